The fourth-order valence-corrected chi connectivity index (χ4v) is 9.00. The van der Waals surface area contributed by atoms with Gasteiger partial charge >= 0.3 is 5.97 Å². The molecule has 0 saturated carbocycles. The van der Waals surface area contributed by atoms with E-state index in [9.17, 15) is 29.4 Å². The van der Waals surface area contributed by atoms with E-state index in [2.05, 4.69) is 15.2 Å². The zero-order chi connectivity index (χ0) is 41.6. The van der Waals surface area contributed by atoms with Crippen molar-refractivity contribution in [1.29, 1.82) is 0 Å². The molecular formula is C48H53N5O7. The zero-order valence-electron chi connectivity index (χ0n) is 33.8. The number of benzene rings is 4. The third-order valence-electron chi connectivity index (χ3n) is 12.5. The number of phenols is 1. The smallest absolute Gasteiger partial charge is 0.320 e. The standard InChI is InChI=1S/C48H53N5O7/c54-40-18-16-38(39-17-19-43(56)50-46(39)40)41(55)28-49-22-7-23-52(29-35-8-3-1-4-9-35)44(57)26-33-12-14-34(15-13-33)27-45(58)53-31-48(32-53,37-10-5-2-6-11-37)47(59)60-42-30-51-24-20-36(42)21-25-51/h1-6,8-19,36,41-42,49,54-55H,7,20-32H2,(H,50,56)/t41?,42-/m0/s1. The van der Waals surface area contributed by atoms with Gasteiger partial charge in [-0.05, 0) is 84.8 Å². The van der Waals surface area contributed by atoms with Gasteiger partial charge < -0.3 is 35.1 Å². The SMILES string of the molecule is O=C(Cc1ccc(CC(=O)N2CC(C(=O)O[C@H]3CN4CCC3CC4)(c3ccccc3)C2)cc1)N(CCCNCC(O)c1ccc(O)c2[nH]c(=O)ccc12)Cc1ccccc1. The first kappa shape index (κ1) is 40.9. The van der Waals surface area contributed by atoms with Crippen molar-refractivity contribution >= 4 is 28.7 Å². The molecule has 4 aliphatic rings. The van der Waals surface area contributed by atoms with Gasteiger partial charge in [-0.1, -0.05) is 91.0 Å². The van der Waals surface area contributed by atoms with Crippen LogP contribution in [0.25, 0.3) is 10.9 Å². The summed E-state index contributed by atoms with van der Waals surface area (Å²) in [4.78, 5) is 61.6. The number of phenolic OH excluding ortho intramolecular Hbond substituents is 1. The van der Waals surface area contributed by atoms with E-state index in [0.717, 1.165) is 54.7 Å². The molecule has 12 nitrogen and oxygen atoms in total. The average Bonchev–Trinajstić information content (AvgIpc) is 3.25. The number of hydrogen-bond donors (Lipinski definition) is 4. The number of fused-ring (bicyclic) bond motifs is 4. The summed E-state index contributed by atoms with van der Waals surface area (Å²) in [6, 6.07) is 33.2. The molecule has 1 aromatic heterocycles. The number of H-pyrrole nitrogens is 1. The van der Waals surface area contributed by atoms with Crippen LogP contribution in [0.4, 0.5) is 0 Å². The Kier molecular flexibility index (Phi) is 12.4. The van der Waals surface area contributed by atoms with E-state index in [-0.39, 0.29) is 73.2 Å². The fraction of sp³-hybridized carbons (Fsp3) is 0.375. The quantitative estimate of drug-likeness (QED) is 0.0835. The second-order valence-electron chi connectivity index (χ2n) is 16.6. The van der Waals surface area contributed by atoms with Gasteiger partial charge in [0.05, 0.1) is 24.5 Å². The first-order chi connectivity index (χ1) is 29.1. The normalized spacial score (nSPS) is 19.7. The number of aromatic amines is 1. The van der Waals surface area contributed by atoms with Gasteiger partial charge in [-0.2, -0.15) is 0 Å². The number of piperidine rings is 3. The van der Waals surface area contributed by atoms with Crippen LogP contribution in [0.3, 0.4) is 0 Å². The lowest BCUT2D eigenvalue weighted by Crippen LogP contribution is -2.66. The molecule has 312 valence electrons. The van der Waals surface area contributed by atoms with E-state index >= 15 is 0 Å². The van der Waals surface area contributed by atoms with Gasteiger partial charge in [0.1, 0.15) is 17.3 Å². The van der Waals surface area contributed by atoms with Crippen LogP contribution in [0.2, 0.25) is 0 Å². The highest BCUT2D eigenvalue weighted by atomic mass is 16.5. The van der Waals surface area contributed by atoms with Crippen LogP contribution >= 0.6 is 0 Å². The highest BCUT2D eigenvalue weighted by Crippen LogP contribution is 2.39. The Hall–Kier alpha value is -5.82. The van der Waals surface area contributed by atoms with Crippen LogP contribution in [0.1, 0.15) is 53.2 Å². The second kappa shape index (κ2) is 18.2. The summed E-state index contributed by atoms with van der Waals surface area (Å²) in [5, 5.41) is 25.0. The van der Waals surface area contributed by atoms with E-state index in [0.29, 0.717) is 42.9 Å². The van der Waals surface area contributed by atoms with Crippen LogP contribution < -0.4 is 10.9 Å². The van der Waals surface area contributed by atoms with E-state index in [1.54, 1.807) is 17.0 Å². The Morgan fingerprint density at radius 3 is 2.22 bits per heavy atom. The Bertz CT molecular complexity index is 2340. The lowest BCUT2D eigenvalue weighted by Gasteiger charge is -2.50. The highest BCUT2D eigenvalue weighted by molar-refractivity contribution is 5.90. The number of aromatic hydroxyl groups is 1. The van der Waals surface area contributed by atoms with Crippen LogP contribution in [0, 0.1) is 5.92 Å². The minimum absolute atomic E-state index is 0.0183. The Labute approximate surface area is 349 Å². The highest BCUT2D eigenvalue weighted by Gasteiger charge is 2.54. The molecule has 4 aromatic carbocycles. The molecule has 0 radical (unpaired) electrons. The van der Waals surface area contributed by atoms with Crippen LogP contribution in [-0.2, 0) is 43.9 Å². The molecule has 2 amide bonds. The zero-order valence-corrected chi connectivity index (χ0v) is 33.8. The van der Waals surface area contributed by atoms with Crippen LogP contribution in [0.5, 0.6) is 5.75 Å². The van der Waals surface area contributed by atoms with Crippen LogP contribution in [0.15, 0.2) is 114 Å². The molecule has 60 heavy (non-hydrogen) atoms. The molecule has 2 bridgehead atoms. The van der Waals surface area contributed by atoms with Crippen molar-refractivity contribution in [2.45, 2.75) is 56.3 Å². The molecule has 4 aliphatic heterocycles. The molecule has 4 saturated heterocycles. The van der Waals surface area contributed by atoms with E-state index in [1.807, 2.05) is 89.8 Å². The molecule has 2 atom stereocenters. The van der Waals surface area contributed by atoms with Crippen molar-refractivity contribution in [3.05, 3.63) is 147 Å². The number of aliphatic hydroxyl groups is 1. The van der Waals surface area contributed by atoms with E-state index < -0.39 is 11.5 Å². The number of carbonyl (C=O) groups excluding carboxylic acids is 3. The third kappa shape index (κ3) is 9.16. The van der Waals surface area contributed by atoms with Crippen molar-refractivity contribution in [3.63, 3.8) is 0 Å². The molecule has 5 aromatic rings. The average molecular weight is 812 g/mol. The van der Waals surface area contributed by atoms with Gasteiger partial charge in [-0.3, -0.25) is 24.1 Å². The summed E-state index contributed by atoms with van der Waals surface area (Å²) in [6.45, 7) is 5.25. The van der Waals surface area contributed by atoms with Crippen molar-refractivity contribution in [3.8, 4) is 5.75 Å². The number of esters is 1. The summed E-state index contributed by atoms with van der Waals surface area (Å²) in [5.41, 5.74) is 3.25. The van der Waals surface area contributed by atoms with E-state index in [4.69, 9.17) is 4.74 Å². The van der Waals surface area contributed by atoms with Gasteiger partial charge in [0.2, 0.25) is 17.4 Å². The van der Waals surface area contributed by atoms with Crippen molar-refractivity contribution in [2.24, 2.45) is 5.92 Å². The lowest BCUT2D eigenvalue weighted by molar-refractivity contribution is -0.175. The van der Waals surface area contributed by atoms with Gasteiger partial charge in [0.25, 0.3) is 0 Å². The third-order valence-corrected chi connectivity index (χ3v) is 12.5. The fourth-order valence-electron chi connectivity index (χ4n) is 9.00. The van der Waals surface area contributed by atoms with Gasteiger partial charge in [0.15, 0.2) is 0 Å². The largest absolute Gasteiger partial charge is 0.506 e. The number of carbonyl (C=O) groups is 3. The van der Waals surface area contributed by atoms with Crippen LogP contribution in [-0.4, -0.2) is 106 Å². The molecule has 4 N–H and O–H groups in total. The summed E-state index contributed by atoms with van der Waals surface area (Å²) >= 11 is 0. The summed E-state index contributed by atoms with van der Waals surface area (Å²) in [7, 11) is 0. The molecule has 0 spiro atoms. The number of hydrogen-bond acceptors (Lipinski definition) is 9. The minimum Gasteiger partial charge on any atom is -0.506 e. The van der Waals surface area contributed by atoms with E-state index in [1.165, 1.54) is 12.1 Å². The number of likely N-dealkylation sites (tertiary alicyclic amines) is 1. The first-order valence-electron chi connectivity index (χ1n) is 21.1. The van der Waals surface area contributed by atoms with Gasteiger partial charge in [-0.25, -0.2) is 0 Å². The molecule has 0 aliphatic carbocycles. The summed E-state index contributed by atoms with van der Waals surface area (Å²) in [6.07, 6.45) is 2.18. The predicted molar refractivity (Wildman–Crippen MR) is 228 cm³/mol. The maximum atomic E-state index is 13.9. The lowest BCUT2D eigenvalue weighted by atomic mass is 9.73. The molecule has 5 heterocycles. The molecule has 4 fully saturated rings. The summed E-state index contributed by atoms with van der Waals surface area (Å²) in [5.74, 6) is 0.0376. The van der Waals surface area contributed by atoms with Crippen molar-refractivity contribution in [1.82, 2.24) is 25.0 Å². The predicted octanol–water partition coefficient (Wildman–Crippen LogP) is 4.48. The van der Waals surface area contributed by atoms with Crippen molar-refractivity contribution < 1.29 is 29.3 Å². The number of rotatable bonds is 16. The second-order valence-corrected chi connectivity index (χ2v) is 16.6. The van der Waals surface area contributed by atoms with Gasteiger partial charge in [-0.15, -0.1) is 0 Å². The number of pyridine rings is 1. The number of ether oxygens (including phenoxy) is 1. The molecule has 1 unspecified atom stereocenters. The molecule has 12 heteroatoms. The first-order valence-corrected chi connectivity index (χ1v) is 21.1. The maximum Gasteiger partial charge on any atom is 0.320 e. The number of aliphatic hydroxyl groups excluding tert-OH is 1. The molecular weight excluding hydrogens is 759 g/mol. The molecule has 9 rings (SSSR count). The minimum atomic E-state index is -0.878. The van der Waals surface area contributed by atoms with Crippen molar-refractivity contribution in [2.75, 3.05) is 52.4 Å². The Morgan fingerprint density at radius 1 is 0.850 bits per heavy atom. The summed E-state index contributed by atoms with van der Waals surface area (Å²) < 4.78 is 6.23. The maximum absolute atomic E-state index is 13.9. The number of aromatic nitrogens is 1. The Morgan fingerprint density at radius 2 is 1.53 bits per heavy atom. The number of nitrogens with one attached hydrogen (secondary N) is 2. The topological polar surface area (TPSA) is 156 Å². The number of nitrogens with zero attached hydrogens (tertiary/aromatic N) is 3. The van der Waals surface area contributed by atoms with Gasteiger partial charge in [0, 0.05) is 50.7 Å². The Balaban J connectivity index is 0.840. The monoisotopic (exact) mass is 811 g/mol. The number of amides is 2.